The summed E-state index contributed by atoms with van der Waals surface area (Å²) in [7, 11) is 1.72. The van der Waals surface area contributed by atoms with E-state index in [4.69, 9.17) is 0 Å². The molecule has 1 amide bonds. The van der Waals surface area contributed by atoms with E-state index >= 15 is 0 Å². The molecule has 0 aliphatic rings. The first-order chi connectivity index (χ1) is 5.91. The molecule has 0 spiro atoms. The molecule has 0 aromatic rings. The fraction of sp³-hybridized carbons (Fsp3) is 0.333. The minimum atomic E-state index is 0.690. The van der Waals surface area contributed by atoms with Crippen LogP contribution in [-0.2, 0) is 4.79 Å². The van der Waals surface area contributed by atoms with E-state index in [1.807, 2.05) is 24.3 Å². The number of amides is 1. The maximum atomic E-state index is 9.81. The second-order valence-electron chi connectivity index (χ2n) is 2.08. The van der Waals surface area contributed by atoms with Crippen molar-refractivity contribution in [2.45, 2.75) is 6.42 Å². The topological polar surface area (TPSA) is 41.5 Å². The predicted molar refractivity (Wildman–Crippen MR) is 51.4 cm³/mol. The van der Waals surface area contributed by atoms with Crippen LogP contribution in [0.15, 0.2) is 29.3 Å². The summed E-state index contributed by atoms with van der Waals surface area (Å²) < 4.78 is 0. The summed E-state index contributed by atoms with van der Waals surface area (Å²) in [6, 6.07) is 0. The van der Waals surface area contributed by atoms with E-state index in [2.05, 4.69) is 10.3 Å². The highest BCUT2D eigenvalue weighted by molar-refractivity contribution is 5.71. The molecule has 1 N–H and O–H groups in total. The Morgan fingerprint density at radius 1 is 1.33 bits per heavy atom. The summed E-state index contributed by atoms with van der Waals surface area (Å²) in [5, 5.41) is 2.57. The van der Waals surface area contributed by atoms with Crippen LogP contribution < -0.4 is 5.32 Å². The maximum absolute atomic E-state index is 9.81. The van der Waals surface area contributed by atoms with Crippen molar-refractivity contribution in [1.82, 2.24) is 5.32 Å². The van der Waals surface area contributed by atoms with Crippen molar-refractivity contribution in [2.75, 3.05) is 13.6 Å². The van der Waals surface area contributed by atoms with Gasteiger partial charge in [-0.1, -0.05) is 18.2 Å². The minimum absolute atomic E-state index is 0.690. The second-order valence-corrected chi connectivity index (χ2v) is 2.08. The Balaban J connectivity index is 3.30. The zero-order valence-electron chi connectivity index (χ0n) is 7.23. The lowest BCUT2D eigenvalue weighted by molar-refractivity contribution is -0.109. The quantitative estimate of drug-likeness (QED) is 0.271. The third kappa shape index (κ3) is 8.62. The Morgan fingerprint density at radius 2 is 2.17 bits per heavy atom. The number of rotatable bonds is 6. The Kier molecular flexibility index (Phi) is 8.51. The smallest absolute Gasteiger partial charge is 0.207 e. The number of allylic oxidation sites excluding steroid dienone is 3. The summed E-state index contributed by atoms with van der Waals surface area (Å²) >= 11 is 0. The van der Waals surface area contributed by atoms with Gasteiger partial charge in [0.05, 0.1) is 0 Å². The first-order valence-corrected chi connectivity index (χ1v) is 3.82. The third-order valence-electron chi connectivity index (χ3n) is 1.13. The number of hydrogen-bond donors (Lipinski definition) is 1. The van der Waals surface area contributed by atoms with E-state index in [-0.39, 0.29) is 0 Å². The van der Waals surface area contributed by atoms with Crippen molar-refractivity contribution in [3.8, 4) is 0 Å². The minimum Gasteiger partial charge on any atom is -0.358 e. The Bertz CT molecular complexity index is 183. The molecule has 3 nitrogen and oxygen atoms in total. The van der Waals surface area contributed by atoms with E-state index in [9.17, 15) is 4.79 Å². The van der Waals surface area contributed by atoms with Gasteiger partial charge in [0.2, 0.25) is 6.41 Å². The molecule has 0 bridgehead atoms. The third-order valence-corrected chi connectivity index (χ3v) is 1.13. The van der Waals surface area contributed by atoms with Crippen LogP contribution in [0.1, 0.15) is 6.42 Å². The van der Waals surface area contributed by atoms with Gasteiger partial charge in [0.1, 0.15) is 0 Å². The van der Waals surface area contributed by atoms with Crippen molar-refractivity contribution in [3.63, 3.8) is 0 Å². The number of nitrogens with one attached hydrogen (secondary N) is 1. The van der Waals surface area contributed by atoms with Crippen LogP contribution in [0, 0.1) is 0 Å². The van der Waals surface area contributed by atoms with E-state index in [1.165, 1.54) is 0 Å². The van der Waals surface area contributed by atoms with Crippen LogP contribution >= 0.6 is 0 Å². The number of carbonyl (C=O) groups excluding carboxylic acids is 1. The summed E-state index contributed by atoms with van der Waals surface area (Å²) in [5.74, 6) is 0. The van der Waals surface area contributed by atoms with Gasteiger partial charge in [-0.15, -0.1) is 0 Å². The van der Waals surface area contributed by atoms with Gasteiger partial charge in [-0.2, -0.15) is 0 Å². The molecule has 0 atom stereocenters. The average Bonchev–Trinajstić information content (AvgIpc) is 2.10. The molecule has 0 rings (SSSR count). The normalized spacial score (nSPS) is 11.8. The zero-order valence-corrected chi connectivity index (χ0v) is 7.23. The number of carbonyl (C=O) groups is 1. The lowest BCUT2D eigenvalue weighted by atomic mass is 10.3. The van der Waals surface area contributed by atoms with Crippen molar-refractivity contribution in [2.24, 2.45) is 4.99 Å². The SMILES string of the molecule is CN=C/C=C\C=C\CCNC=O. The van der Waals surface area contributed by atoms with E-state index < -0.39 is 0 Å². The van der Waals surface area contributed by atoms with Crippen LogP contribution in [-0.4, -0.2) is 26.2 Å². The second kappa shape index (κ2) is 9.62. The van der Waals surface area contributed by atoms with Crippen LogP contribution in [0.2, 0.25) is 0 Å². The van der Waals surface area contributed by atoms with Gasteiger partial charge in [0.15, 0.2) is 0 Å². The largest absolute Gasteiger partial charge is 0.358 e. The van der Waals surface area contributed by atoms with E-state index in [0.717, 1.165) is 6.42 Å². The fourth-order valence-corrected chi connectivity index (χ4v) is 0.600. The molecule has 0 radical (unpaired) electrons. The van der Waals surface area contributed by atoms with E-state index in [0.29, 0.717) is 13.0 Å². The average molecular weight is 166 g/mol. The van der Waals surface area contributed by atoms with Gasteiger partial charge >= 0.3 is 0 Å². The van der Waals surface area contributed by atoms with Crippen molar-refractivity contribution < 1.29 is 4.79 Å². The van der Waals surface area contributed by atoms with Crippen LogP contribution in [0.3, 0.4) is 0 Å². The standard InChI is InChI=1S/C9H14N2O/c1-10-7-5-3-2-4-6-8-11-9-12/h2-5,7,9H,6,8H2,1H3,(H,11,12)/b4-2+,5-3-,10-7?. The number of hydrogen-bond acceptors (Lipinski definition) is 2. The highest BCUT2D eigenvalue weighted by Crippen LogP contribution is 1.81. The Hall–Kier alpha value is -1.38. The van der Waals surface area contributed by atoms with Gasteiger partial charge < -0.3 is 5.32 Å². The fourth-order valence-electron chi connectivity index (χ4n) is 0.600. The predicted octanol–water partition coefficient (Wildman–Crippen LogP) is 0.935. The van der Waals surface area contributed by atoms with Crippen LogP contribution in [0.4, 0.5) is 0 Å². The zero-order chi connectivity index (χ0) is 9.07. The number of aliphatic imine (C=N–C) groups is 1. The lowest BCUT2D eigenvalue weighted by Gasteiger charge is -1.89. The maximum Gasteiger partial charge on any atom is 0.207 e. The first kappa shape index (κ1) is 10.6. The molecular formula is C9H14N2O. The van der Waals surface area contributed by atoms with Gasteiger partial charge in [0, 0.05) is 19.8 Å². The molecule has 0 fully saturated rings. The first-order valence-electron chi connectivity index (χ1n) is 3.82. The van der Waals surface area contributed by atoms with Crippen LogP contribution in [0.25, 0.3) is 0 Å². The molecule has 0 aromatic carbocycles. The molecular weight excluding hydrogens is 152 g/mol. The summed E-state index contributed by atoms with van der Waals surface area (Å²) in [6.07, 6.45) is 10.9. The lowest BCUT2D eigenvalue weighted by Crippen LogP contribution is -2.10. The van der Waals surface area contributed by atoms with Gasteiger partial charge in [-0.25, -0.2) is 0 Å². The van der Waals surface area contributed by atoms with Crippen molar-refractivity contribution in [1.29, 1.82) is 0 Å². The molecule has 0 heterocycles. The molecule has 0 saturated carbocycles. The van der Waals surface area contributed by atoms with Crippen molar-refractivity contribution >= 4 is 12.6 Å². The van der Waals surface area contributed by atoms with E-state index in [1.54, 1.807) is 13.3 Å². The monoisotopic (exact) mass is 166 g/mol. The molecule has 12 heavy (non-hydrogen) atoms. The highest BCUT2D eigenvalue weighted by Gasteiger charge is 1.75. The summed E-state index contributed by atoms with van der Waals surface area (Å²) in [5.41, 5.74) is 0. The molecule has 0 aliphatic carbocycles. The highest BCUT2D eigenvalue weighted by atomic mass is 16.1. The Morgan fingerprint density at radius 3 is 2.83 bits per heavy atom. The van der Waals surface area contributed by atoms with Crippen LogP contribution in [0.5, 0.6) is 0 Å². The molecule has 0 unspecified atom stereocenters. The van der Waals surface area contributed by atoms with Gasteiger partial charge in [-0.3, -0.25) is 9.79 Å². The van der Waals surface area contributed by atoms with Gasteiger partial charge in [0.25, 0.3) is 0 Å². The summed E-state index contributed by atoms with van der Waals surface area (Å²) in [6.45, 7) is 0.690. The van der Waals surface area contributed by atoms with Gasteiger partial charge in [-0.05, 0) is 12.5 Å². The molecule has 3 heteroatoms. The van der Waals surface area contributed by atoms with Crippen molar-refractivity contribution in [3.05, 3.63) is 24.3 Å². The molecule has 66 valence electrons. The molecule has 0 aromatic heterocycles. The molecule has 0 aliphatic heterocycles. The molecule has 0 saturated heterocycles. The summed E-state index contributed by atoms with van der Waals surface area (Å²) in [4.78, 5) is 13.6. The Labute approximate surface area is 72.9 Å². The number of nitrogens with zero attached hydrogens (tertiary/aromatic N) is 1.